The van der Waals surface area contributed by atoms with Crippen molar-refractivity contribution in [2.24, 2.45) is 11.8 Å². The lowest BCUT2D eigenvalue weighted by Crippen LogP contribution is -2.67. The fourth-order valence-electron chi connectivity index (χ4n) is 4.53. The van der Waals surface area contributed by atoms with Crippen LogP contribution in [0.25, 0.3) is 11.4 Å². The van der Waals surface area contributed by atoms with Gasteiger partial charge in [0.15, 0.2) is 5.82 Å². The van der Waals surface area contributed by atoms with Crippen molar-refractivity contribution in [3.05, 3.63) is 102 Å². The van der Waals surface area contributed by atoms with Gasteiger partial charge in [0.05, 0.1) is 33.2 Å². The van der Waals surface area contributed by atoms with E-state index in [-0.39, 0.29) is 10.4 Å². The molecular formula is C34H38N4O2Si. The van der Waals surface area contributed by atoms with Crippen LogP contribution in [-0.4, -0.2) is 53.2 Å². The predicted octanol–water partition coefficient (Wildman–Crippen LogP) is 5.27. The van der Waals surface area contributed by atoms with Crippen LogP contribution >= 0.6 is 0 Å². The van der Waals surface area contributed by atoms with Crippen molar-refractivity contribution >= 4 is 24.6 Å². The summed E-state index contributed by atoms with van der Waals surface area (Å²) >= 11 is 0. The third-order valence-electron chi connectivity index (χ3n) is 6.48. The molecule has 6 rings (SSSR count). The lowest BCUT2D eigenvalue weighted by atomic mass is 10.0. The maximum atomic E-state index is 15.5. The van der Waals surface area contributed by atoms with E-state index in [1.54, 1.807) is 6.07 Å². The van der Waals surface area contributed by atoms with E-state index in [1.807, 2.05) is 0 Å². The summed E-state index contributed by atoms with van der Waals surface area (Å²) in [6, 6.07) is 0.241. The first kappa shape index (κ1) is 11.9. The molecule has 1 saturated carbocycles. The summed E-state index contributed by atoms with van der Waals surface area (Å²) in [6.07, 6.45) is -9.89. The highest BCUT2D eigenvalue weighted by Crippen LogP contribution is 2.48. The predicted molar refractivity (Wildman–Crippen MR) is 165 cm³/mol. The number of carbonyl (C=O) groups excluding carboxylic acids is 1. The number of carbonyl (C=O) groups is 1. The number of pyridine rings is 1. The third kappa shape index (κ3) is 5.24. The normalized spacial score (nSPS) is 39.0. The molecule has 6 nitrogen and oxygen atoms in total. The van der Waals surface area contributed by atoms with Gasteiger partial charge in [-0.3, -0.25) is 4.79 Å². The maximum Gasteiger partial charge on any atom is 0.273 e. The molecule has 0 bridgehead atoms. The second kappa shape index (κ2) is 11.0. The SMILES string of the molecule is [2H]c1ccc([Si](OC([2H])([2H])[C@@]2([2H])N(C(=O)c3nc(C([2H])([2H])[2H])c([2H])c([2H])c3-c3nc([2H])c([2H])c([2H])n3)C([2H])([2H])[C@]3([2H])C([2H])([2H])[C@]3([2H])C2([2H])[2H])(c2ccccc2)C(C)(C)C)c([2H])c1[2H]. The van der Waals surface area contributed by atoms with Crippen LogP contribution in [-0.2, 0) is 4.43 Å². The highest BCUT2D eigenvalue weighted by atomic mass is 28.4. The molecule has 2 aromatic heterocycles. The van der Waals surface area contributed by atoms with Crippen molar-refractivity contribution in [3.63, 3.8) is 0 Å². The van der Waals surface area contributed by atoms with Gasteiger partial charge in [0.25, 0.3) is 14.2 Å². The summed E-state index contributed by atoms with van der Waals surface area (Å²) in [5, 5.41) is -1.54. The number of piperidine rings is 1. The Balaban J connectivity index is 1.77. The molecule has 210 valence electrons. The molecule has 3 heterocycles. The number of benzene rings is 2. The number of hydrogen-bond acceptors (Lipinski definition) is 5. The molecule has 1 aliphatic heterocycles. The van der Waals surface area contributed by atoms with Crippen molar-refractivity contribution in [2.45, 2.75) is 51.4 Å². The fourth-order valence-corrected chi connectivity index (χ4v) is 8.52. The number of fused-ring (bicyclic) bond motifs is 1. The van der Waals surface area contributed by atoms with E-state index in [0.717, 1.165) is 6.07 Å². The molecule has 2 fully saturated rings. The first-order valence-electron chi connectivity index (χ1n) is 23.4. The smallest absolute Gasteiger partial charge is 0.273 e. The monoisotopic (exact) mass is 584 g/mol. The van der Waals surface area contributed by atoms with E-state index in [9.17, 15) is 11.0 Å². The van der Waals surface area contributed by atoms with E-state index in [0.29, 0.717) is 0 Å². The van der Waals surface area contributed by atoms with Crippen LogP contribution < -0.4 is 10.4 Å². The van der Waals surface area contributed by atoms with Gasteiger partial charge in [0.1, 0.15) is 5.69 Å². The van der Waals surface area contributed by atoms with Crippen LogP contribution in [0.4, 0.5) is 0 Å². The van der Waals surface area contributed by atoms with Gasteiger partial charge < -0.3 is 9.33 Å². The average Bonchev–Trinajstić information content (AvgIpc) is 3.56. The highest BCUT2D eigenvalue weighted by molar-refractivity contribution is 6.99. The van der Waals surface area contributed by atoms with Crippen LogP contribution in [0.1, 0.15) is 79.9 Å². The van der Waals surface area contributed by atoms with Crippen molar-refractivity contribution in [1.29, 1.82) is 0 Å². The van der Waals surface area contributed by atoms with Gasteiger partial charge in [-0.15, -0.1) is 0 Å². The lowest BCUT2D eigenvalue weighted by molar-refractivity contribution is 0.0498. The molecule has 1 saturated heterocycles. The van der Waals surface area contributed by atoms with Crippen molar-refractivity contribution < 1.29 is 39.4 Å². The molecular weight excluding hydrogens is 524 g/mol. The van der Waals surface area contributed by atoms with Crippen LogP contribution in [0.2, 0.25) is 5.04 Å². The van der Waals surface area contributed by atoms with Gasteiger partial charge in [-0.1, -0.05) is 81.4 Å². The molecule has 1 amide bonds. The van der Waals surface area contributed by atoms with Crippen LogP contribution in [0, 0.1) is 18.6 Å². The van der Waals surface area contributed by atoms with Gasteiger partial charge in [0.2, 0.25) is 0 Å². The van der Waals surface area contributed by atoms with Gasteiger partial charge in [-0.05, 0) is 64.9 Å². The number of nitrogens with zero attached hydrogens (tertiary/aromatic N) is 4. The minimum atomic E-state index is -4.83. The molecule has 4 aromatic rings. The van der Waals surface area contributed by atoms with Gasteiger partial charge >= 0.3 is 0 Å². The second-order valence-electron chi connectivity index (χ2n) is 10.1. The second-order valence-corrected chi connectivity index (χ2v) is 14.3. The van der Waals surface area contributed by atoms with Crippen LogP contribution in [0.5, 0.6) is 0 Å². The molecule has 2 aromatic carbocycles. The third-order valence-corrected chi connectivity index (χ3v) is 11.2. The standard InChI is InChI=1S/C34H38N4O2Si/c1-24-16-17-30(32-35-18-11-19-36-32)31(37-24)33(39)38-22-26-20-25(26)21-27(38)23-40-41(34(2,3)4,28-12-7-5-8-13-28)29-14-9-6-10-15-29/h5-19,25-27H,20-23H2,1-4H3/t25-,26+,27+/m1/s1/i1D3,5D,7D,11D,12D,16D,17D,18D,19D,20D2,21D2,22D2,23D2,25D,26D,27D/t25-,26+,27+,41?. The Morgan fingerprint density at radius 3 is 2.61 bits per heavy atom. The molecule has 7 heteroatoms. The Hall–Kier alpha value is -3.68. The van der Waals surface area contributed by atoms with Crippen molar-refractivity contribution in [1.82, 2.24) is 19.9 Å². The molecule has 4 atom stereocenters. The molecule has 1 unspecified atom stereocenters. The van der Waals surface area contributed by atoms with Crippen molar-refractivity contribution in [2.75, 3.05) is 13.1 Å². The molecule has 41 heavy (non-hydrogen) atoms. The molecule has 0 spiro atoms. The van der Waals surface area contributed by atoms with E-state index < -0.39 is 146 Å². The van der Waals surface area contributed by atoms with Gasteiger partial charge in [-0.2, -0.15) is 0 Å². The maximum absolute atomic E-state index is 15.5. The van der Waals surface area contributed by atoms with E-state index in [1.165, 1.54) is 51.1 Å². The molecule has 1 aliphatic carbocycles. The van der Waals surface area contributed by atoms with Crippen LogP contribution in [0.3, 0.4) is 0 Å². The summed E-state index contributed by atoms with van der Waals surface area (Å²) in [6.45, 7) is -7.32. The Bertz CT molecular complexity index is 2550. The summed E-state index contributed by atoms with van der Waals surface area (Å²) in [7, 11) is -4.83. The number of rotatable bonds is 7. The summed E-state index contributed by atoms with van der Waals surface area (Å²) in [4.78, 5) is 26.0. The zero-order chi connectivity index (χ0) is 48.0. The Kier molecular flexibility index (Phi) is 3.18. The molecule has 2 aliphatic rings. The zero-order valence-electron chi connectivity index (χ0n) is 44.1. The van der Waals surface area contributed by atoms with E-state index >= 15 is 4.79 Å². The van der Waals surface area contributed by atoms with Gasteiger partial charge in [-0.25, -0.2) is 15.0 Å². The number of aryl methyl sites for hydroxylation is 1. The molecule has 0 radical (unpaired) electrons. The first-order chi connectivity index (χ1) is 28.4. The van der Waals surface area contributed by atoms with E-state index in [4.69, 9.17) is 23.6 Å². The van der Waals surface area contributed by atoms with Crippen LogP contribution in [0.15, 0.2) is 91.1 Å². The van der Waals surface area contributed by atoms with Crippen molar-refractivity contribution in [3.8, 4) is 11.4 Å². The fraction of sp³-hybridized carbons (Fsp3) is 0.353. The topological polar surface area (TPSA) is 68.2 Å². The summed E-state index contributed by atoms with van der Waals surface area (Å²) < 4.78 is 200. The minimum Gasteiger partial charge on any atom is -0.405 e. The number of aromatic nitrogens is 3. The summed E-state index contributed by atoms with van der Waals surface area (Å²) in [5.74, 6) is -10.7. The zero-order valence-corrected chi connectivity index (χ0v) is 23.1. The summed E-state index contributed by atoms with van der Waals surface area (Å²) in [5.41, 5.74) is -3.98. The average molecular weight is 585 g/mol. The molecule has 0 N–H and O–H groups in total. The first-order valence-corrected chi connectivity index (χ1v) is 14.4. The quantitative estimate of drug-likeness (QED) is 0.277. The number of likely N-dealkylation sites (tertiary alicyclic amines) is 1. The Morgan fingerprint density at radius 2 is 1.85 bits per heavy atom. The Morgan fingerprint density at radius 1 is 1.07 bits per heavy atom. The number of amides is 1. The highest BCUT2D eigenvalue weighted by Gasteiger charge is 2.52. The lowest BCUT2D eigenvalue weighted by Gasteiger charge is -2.45. The number of hydrogen-bond donors (Lipinski definition) is 0. The Labute approximate surface area is 274 Å². The minimum absolute atomic E-state index is 0.105. The van der Waals surface area contributed by atoms with E-state index in [2.05, 4.69) is 15.0 Å². The van der Waals surface area contributed by atoms with Gasteiger partial charge in [0, 0.05) is 39.6 Å². The largest absolute Gasteiger partial charge is 0.405 e.